The Morgan fingerprint density at radius 2 is 1.65 bits per heavy atom. The number of hydrogen-bond acceptors (Lipinski definition) is 2. The predicted octanol–water partition coefficient (Wildman–Crippen LogP) is 5.88. The van der Waals surface area contributed by atoms with Gasteiger partial charge in [0.1, 0.15) is 0 Å². The number of amides is 1. The van der Waals surface area contributed by atoms with E-state index >= 15 is 0 Å². The van der Waals surface area contributed by atoms with Crippen LogP contribution in [0.25, 0.3) is 10.8 Å². The molecule has 5 heteroatoms. The third kappa shape index (κ3) is 3.99. The molecule has 23 heavy (non-hydrogen) atoms. The van der Waals surface area contributed by atoms with Crippen molar-refractivity contribution in [2.45, 2.75) is 4.90 Å². The second-order valence-electron chi connectivity index (χ2n) is 4.94. The quantitative estimate of drug-likeness (QED) is 0.588. The van der Waals surface area contributed by atoms with E-state index in [1.54, 1.807) is 24.3 Å². The van der Waals surface area contributed by atoms with E-state index in [9.17, 15) is 4.79 Å². The summed E-state index contributed by atoms with van der Waals surface area (Å²) in [5, 5.41) is 6.25. The maximum absolute atomic E-state index is 12.1. The molecule has 0 spiro atoms. The number of carbonyl (C=O) groups excluding carboxylic acids is 1. The second-order valence-corrected chi connectivity index (χ2v) is 6.80. The molecule has 0 saturated carbocycles. The average Bonchev–Trinajstić information content (AvgIpc) is 2.55. The van der Waals surface area contributed by atoms with Crippen molar-refractivity contribution in [2.75, 3.05) is 11.1 Å². The van der Waals surface area contributed by atoms with Crippen LogP contribution in [-0.4, -0.2) is 11.7 Å². The average molecular weight is 362 g/mol. The molecule has 116 valence electrons. The van der Waals surface area contributed by atoms with Crippen LogP contribution >= 0.6 is 35.0 Å². The van der Waals surface area contributed by atoms with Crippen molar-refractivity contribution < 1.29 is 4.79 Å². The topological polar surface area (TPSA) is 29.1 Å². The van der Waals surface area contributed by atoms with Crippen LogP contribution in [0.3, 0.4) is 0 Å². The molecule has 0 atom stereocenters. The highest BCUT2D eigenvalue weighted by Gasteiger charge is 2.08. The van der Waals surface area contributed by atoms with Gasteiger partial charge in [0.05, 0.1) is 5.75 Å². The van der Waals surface area contributed by atoms with Gasteiger partial charge in [-0.15, -0.1) is 11.8 Å². The molecule has 0 saturated heterocycles. The fourth-order valence-corrected chi connectivity index (χ4v) is 3.63. The number of carbonyl (C=O) groups is 1. The Labute approximate surface area is 148 Å². The summed E-state index contributed by atoms with van der Waals surface area (Å²) in [5.74, 6) is 0.244. The molecule has 0 aromatic heterocycles. The van der Waals surface area contributed by atoms with Crippen LogP contribution < -0.4 is 5.32 Å². The monoisotopic (exact) mass is 361 g/mol. The van der Waals surface area contributed by atoms with Crippen molar-refractivity contribution in [1.82, 2.24) is 0 Å². The van der Waals surface area contributed by atoms with Crippen LogP contribution in [0.4, 0.5) is 5.69 Å². The van der Waals surface area contributed by atoms with Gasteiger partial charge in [0.2, 0.25) is 5.91 Å². The fourth-order valence-electron chi connectivity index (χ4n) is 2.26. The molecular formula is C18H13Cl2NOS. The van der Waals surface area contributed by atoms with Crippen LogP contribution in [-0.2, 0) is 4.79 Å². The highest BCUT2D eigenvalue weighted by Crippen LogP contribution is 2.33. The van der Waals surface area contributed by atoms with E-state index in [2.05, 4.69) is 5.32 Å². The smallest absolute Gasteiger partial charge is 0.234 e. The van der Waals surface area contributed by atoms with Gasteiger partial charge in [0.25, 0.3) is 0 Å². The molecule has 3 rings (SSSR count). The summed E-state index contributed by atoms with van der Waals surface area (Å²) in [4.78, 5) is 13.1. The third-order valence-electron chi connectivity index (χ3n) is 3.30. The minimum absolute atomic E-state index is 0.0682. The molecular weight excluding hydrogens is 349 g/mol. The van der Waals surface area contributed by atoms with E-state index in [-0.39, 0.29) is 5.91 Å². The van der Waals surface area contributed by atoms with Crippen molar-refractivity contribution in [1.29, 1.82) is 0 Å². The minimum atomic E-state index is -0.0682. The molecule has 0 heterocycles. The lowest BCUT2D eigenvalue weighted by atomic mass is 10.1. The molecule has 0 aliphatic heterocycles. The van der Waals surface area contributed by atoms with Gasteiger partial charge in [0.15, 0.2) is 0 Å². The molecule has 1 N–H and O–H groups in total. The summed E-state index contributed by atoms with van der Waals surface area (Å²) in [7, 11) is 0. The van der Waals surface area contributed by atoms with E-state index in [4.69, 9.17) is 23.2 Å². The number of halogens is 2. The van der Waals surface area contributed by atoms with Crippen LogP contribution in [0.15, 0.2) is 65.6 Å². The molecule has 0 unspecified atom stereocenters. The molecule has 0 aliphatic rings. The number of thioether (sulfide) groups is 1. The first-order valence-electron chi connectivity index (χ1n) is 6.99. The summed E-state index contributed by atoms with van der Waals surface area (Å²) in [6.45, 7) is 0. The number of nitrogens with one attached hydrogen (secondary N) is 1. The SMILES string of the molecule is O=C(CSc1cccc2cccc(Cl)c12)Nc1ccc(Cl)cc1. The largest absolute Gasteiger partial charge is 0.325 e. The predicted molar refractivity (Wildman–Crippen MR) is 99.8 cm³/mol. The summed E-state index contributed by atoms with van der Waals surface area (Å²) < 4.78 is 0. The van der Waals surface area contributed by atoms with Crippen LogP contribution in [0.2, 0.25) is 10.0 Å². The van der Waals surface area contributed by atoms with E-state index in [0.29, 0.717) is 15.8 Å². The molecule has 3 aromatic rings. The zero-order valence-corrected chi connectivity index (χ0v) is 14.4. The Bertz CT molecular complexity index is 844. The van der Waals surface area contributed by atoms with E-state index < -0.39 is 0 Å². The molecule has 0 fully saturated rings. The van der Waals surface area contributed by atoms with Crippen LogP contribution in [0.1, 0.15) is 0 Å². The summed E-state index contributed by atoms with van der Waals surface area (Å²) >= 11 is 13.6. The van der Waals surface area contributed by atoms with E-state index in [1.165, 1.54) is 11.8 Å². The molecule has 1 amide bonds. The zero-order valence-electron chi connectivity index (χ0n) is 12.1. The fraction of sp³-hybridized carbons (Fsp3) is 0.0556. The normalized spacial score (nSPS) is 10.7. The zero-order chi connectivity index (χ0) is 16.2. The van der Waals surface area contributed by atoms with Gasteiger partial charge in [-0.25, -0.2) is 0 Å². The van der Waals surface area contributed by atoms with Crippen LogP contribution in [0.5, 0.6) is 0 Å². The third-order valence-corrected chi connectivity index (χ3v) is 4.93. The van der Waals surface area contributed by atoms with Crippen molar-refractivity contribution in [3.05, 3.63) is 70.7 Å². The first-order valence-corrected chi connectivity index (χ1v) is 8.73. The second kappa shape index (κ2) is 7.26. The molecule has 0 aliphatic carbocycles. The van der Waals surface area contributed by atoms with Crippen molar-refractivity contribution in [2.24, 2.45) is 0 Å². The van der Waals surface area contributed by atoms with Gasteiger partial charge in [0, 0.05) is 26.0 Å². The van der Waals surface area contributed by atoms with Gasteiger partial charge >= 0.3 is 0 Å². The highest BCUT2D eigenvalue weighted by molar-refractivity contribution is 8.00. The first kappa shape index (κ1) is 16.2. The lowest BCUT2D eigenvalue weighted by Crippen LogP contribution is -2.13. The highest BCUT2D eigenvalue weighted by atomic mass is 35.5. The standard InChI is InChI=1S/C18H13Cl2NOS/c19-13-7-9-14(10-8-13)21-17(22)11-23-16-6-2-4-12-3-1-5-15(20)18(12)16/h1-10H,11H2,(H,21,22). The lowest BCUT2D eigenvalue weighted by molar-refractivity contribution is -0.113. The summed E-state index contributed by atoms with van der Waals surface area (Å²) in [6.07, 6.45) is 0. The number of rotatable bonds is 4. The maximum atomic E-state index is 12.1. The minimum Gasteiger partial charge on any atom is -0.325 e. The Kier molecular flexibility index (Phi) is 5.11. The number of anilines is 1. The first-order chi connectivity index (χ1) is 11.1. The van der Waals surface area contributed by atoms with Crippen molar-refractivity contribution >= 4 is 57.3 Å². The maximum Gasteiger partial charge on any atom is 0.234 e. The lowest BCUT2D eigenvalue weighted by Gasteiger charge is -2.08. The molecule has 3 aromatic carbocycles. The Hall–Kier alpha value is -1.68. The van der Waals surface area contributed by atoms with E-state index in [0.717, 1.165) is 21.4 Å². The Morgan fingerprint density at radius 1 is 0.957 bits per heavy atom. The Balaban J connectivity index is 1.71. The summed E-state index contributed by atoms with van der Waals surface area (Å²) in [6, 6.07) is 18.8. The van der Waals surface area contributed by atoms with Gasteiger partial charge < -0.3 is 5.32 Å². The van der Waals surface area contributed by atoms with Gasteiger partial charge in [-0.2, -0.15) is 0 Å². The number of fused-ring (bicyclic) bond motifs is 1. The number of hydrogen-bond donors (Lipinski definition) is 1. The van der Waals surface area contributed by atoms with Gasteiger partial charge in [-0.3, -0.25) is 4.79 Å². The molecule has 0 bridgehead atoms. The number of benzene rings is 3. The van der Waals surface area contributed by atoms with E-state index in [1.807, 2.05) is 36.4 Å². The van der Waals surface area contributed by atoms with Gasteiger partial charge in [-0.1, -0.05) is 47.5 Å². The summed E-state index contributed by atoms with van der Waals surface area (Å²) in [5.41, 5.74) is 0.732. The van der Waals surface area contributed by atoms with Crippen molar-refractivity contribution in [3.8, 4) is 0 Å². The van der Waals surface area contributed by atoms with Crippen LogP contribution in [0, 0.1) is 0 Å². The Morgan fingerprint density at radius 3 is 2.39 bits per heavy atom. The molecule has 0 radical (unpaired) electrons. The van der Waals surface area contributed by atoms with Crippen molar-refractivity contribution in [3.63, 3.8) is 0 Å². The molecule has 2 nitrogen and oxygen atoms in total. The van der Waals surface area contributed by atoms with Gasteiger partial charge in [-0.05, 0) is 41.8 Å².